The molecule has 1 aromatic heterocycles. The third-order valence-electron chi connectivity index (χ3n) is 4.74. The molecule has 21 heavy (non-hydrogen) atoms. The van der Waals surface area contributed by atoms with Crippen LogP contribution in [0.2, 0.25) is 0 Å². The van der Waals surface area contributed by atoms with Crippen molar-refractivity contribution in [3.63, 3.8) is 0 Å². The summed E-state index contributed by atoms with van der Waals surface area (Å²) < 4.78 is 2.31. The molecule has 0 bridgehead atoms. The van der Waals surface area contributed by atoms with Crippen LogP contribution in [0.1, 0.15) is 28.8 Å². The van der Waals surface area contributed by atoms with Gasteiger partial charge in [-0.1, -0.05) is 48.5 Å². The molecule has 0 aliphatic heterocycles. The van der Waals surface area contributed by atoms with E-state index in [1.165, 1.54) is 38.9 Å². The first-order chi connectivity index (χ1) is 10.3. The SMILES string of the molecule is Cc1c(C2=CCCc3ccccc32)c2ccccc2n1C. The van der Waals surface area contributed by atoms with Gasteiger partial charge >= 0.3 is 0 Å². The predicted molar refractivity (Wildman–Crippen MR) is 89.5 cm³/mol. The van der Waals surface area contributed by atoms with Crippen molar-refractivity contribution in [1.82, 2.24) is 4.57 Å². The molecule has 1 heteroatoms. The zero-order valence-electron chi connectivity index (χ0n) is 12.6. The Morgan fingerprint density at radius 3 is 2.62 bits per heavy atom. The summed E-state index contributed by atoms with van der Waals surface area (Å²) in [7, 11) is 2.16. The second-order valence-electron chi connectivity index (χ2n) is 5.85. The average Bonchev–Trinajstić information content (AvgIpc) is 2.79. The highest BCUT2D eigenvalue weighted by Gasteiger charge is 2.20. The van der Waals surface area contributed by atoms with Crippen molar-refractivity contribution >= 4 is 16.5 Å². The van der Waals surface area contributed by atoms with Gasteiger partial charge in [0.1, 0.15) is 0 Å². The van der Waals surface area contributed by atoms with Gasteiger partial charge in [0.25, 0.3) is 0 Å². The predicted octanol–water partition coefficient (Wildman–Crippen LogP) is 4.86. The van der Waals surface area contributed by atoms with E-state index in [0.29, 0.717) is 0 Å². The number of aromatic nitrogens is 1. The fourth-order valence-electron chi connectivity index (χ4n) is 3.58. The number of fused-ring (bicyclic) bond motifs is 2. The average molecular weight is 273 g/mol. The maximum atomic E-state index is 2.41. The molecule has 1 nitrogen and oxygen atoms in total. The molecule has 0 atom stereocenters. The summed E-state index contributed by atoms with van der Waals surface area (Å²) in [5.74, 6) is 0. The van der Waals surface area contributed by atoms with E-state index in [2.05, 4.69) is 73.1 Å². The van der Waals surface area contributed by atoms with Crippen LogP contribution in [0.15, 0.2) is 54.6 Å². The van der Waals surface area contributed by atoms with Gasteiger partial charge in [-0.05, 0) is 42.5 Å². The van der Waals surface area contributed by atoms with Crippen LogP contribution in [-0.4, -0.2) is 4.57 Å². The second-order valence-corrected chi connectivity index (χ2v) is 5.85. The highest BCUT2D eigenvalue weighted by Crippen LogP contribution is 2.38. The zero-order valence-corrected chi connectivity index (χ0v) is 12.6. The van der Waals surface area contributed by atoms with E-state index in [4.69, 9.17) is 0 Å². The first kappa shape index (κ1) is 12.5. The smallest absolute Gasteiger partial charge is 0.0486 e. The standard InChI is InChI=1S/C20H19N/c1-14-20(18-11-5-6-13-19(18)21(14)2)17-12-7-9-15-8-3-4-10-16(15)17/h3-6,8,10-13H,7,9H2,1-2H3. The van der Waals surface area contributed by atoms with Gasteiger partial charge in [-0.15, -0.1) is 0 Å². The van der Waals surface area contributed by atoms with Crippen LogP contribution in [0.4, 0.5) is 0 Å². The molecule has 0 unspecified atom stereocenters. The van der Waals surface area contributed by atoms with E-state index >= 15 is 0 Å². The fraction of sp³-hybridized carbons (Fsp3) is 0.200. The first-order valence-corrected chi connectivity index (χ1v) is 7.60. The van der Waals surface area contributed by atoms with Crippen LogP contribution in [0, 0.1) is 6.92 Å². The molecule has 1 aliphatic carbocycles. The fourth-order valence-corrected chi connectivity index (χ4v) is 3.58. The minimum absolute atomic E-state index is 1.13. The molecule has 0 saturated heterocycles. The molecule has 2 aromatic carbocycles. The third kappa shape index (κ3) is 1.77. The summed E-state index contributed by atoms with van der Waals surface area (Å²) in [4.78, 5) is 0. The van der Waals surface area contributed by atoms with Crippen molar-refractivity contribution in [3.8, 4) is 0 Å². The number of benzene rings is 2. The van der Waals surface area contributed by atoms with Crippen LogP contribution >= 0.6 is 0 Å². The van der Waals surface area contributed by atoms with Crippen molar-refractivity contribution in [2.75, 3.05) is 0 Å². The molecular weight excluding hydrogens is 254 g/mol. The largest absolute Gasteiger partial charge is 0.347 e. The molecule has 0 spiro atoms. The van der Waals surface area contributed by atoms with Crippen molar-refractivity contribution in [1.29, 1.82) is 0 Å². The van der Waals surface area contributed by atoms with Gasteiger partial charge in [0.2, 0.25) is 0 Å². The number of aryl methyl sites for hydroxylation is 2. The first-order valence-electron chi connectivity index (χ1n) is 7.60. The maximum absolute atomic E-state index is 2.41. The lowest BCUT2D eigenvalue weighted by Gasteiger charge is -2.18. The summed E-state index contributed by atoms with van der Waals surface area (Å²) in [6.07, 6.45) is 4.70. The van der Waals surface area contributed by atoms with Crippen molar-refractivity contribution in [3.05, 3.63) is 77.0 Å². The minimum atomic E-state index is 1.13. The summed E-state index contributed by atoms with van der Waals surface area (Å²) in [5.41, 5.74) is 8.35. The highest BCUT2D eigenvalue weighted by atomic mass is 14.9. The van der Waals surface area contributed by atoms with E-state index in [9.17, 15) is 0 Å². The quantitative estimate of drug-likeness (QED) is 0.596. The van der Waals surface area contributed by atoms with Crippen LogP contribution < -0.4 is 0 Å². The number of nitrogens with zero attached hydrogens (tertiary/aromatic N) is 1. The number of hydrogen-bond donors (Lipinski definition) is 0. The van der Waals surface area contributed by atoms with E-state index in [-0.39, 0.29) is 0 Å². The van der Waals surface area contributed by atoms with E-state index in [1.807, 2.05) is 0 Å². The van der Waals surface area contributed by atoms with Gasteiger partial charge in [0.05, 0.1) is 0 Å². The number of para-hydroxylation sites is 1. The Kier molecular flexibility index (Phi) is 2.75. The molecule has 104 valence electrons. The molecule has 0 saturated carbocycles. The van der Waals surface area contributed by atoms with Gasteiger partial charge in [-0.2, -0.15) is 0 Å². The Morgan fingerprint density at radius 1 is 0.952 bits per heavy atom. The van der Waals surface area contributed by atoms with Crippen molar-refractivity contribution in [2.45, 2.75) is 19.8 Å². The van der Waals surface area contributed by atoms with E-state index < -0.39 is 0 Å². The van der Waals surface area contributed by atoms with Gasteiger partial charge < -0.3 is 4.57 Å². The minimum Gasteiger partial charge on any atom is -0.347 e. The van der Waals surface area contributed by atoms with Crippen LogP contribution in [-0.2, 0) is 13.5 Å². The van der Waals surface area contributed by atoms with E-state index in [0.717, 1.165) is 12.8 Å². The second kappa shape index (κ2) is 4.63. The molecule has 4 rings (SSSR count). The molecule has 0 radical (unpaired) electrons. The molecule has 0 fully saturated rings. The van der Waals surface area contributed by atoms with E-state index in [1.54, 1.807) is 0 Å². The van der Waals surface area contributed by atoms with Crippen LogP contribution in [0.5, 0.6) is 0 Å². The highest BCUT2D eigenvalue weighted by molar-refractivity contribution is 5.99. The summed E-state index contributed by atoms with van der Waals surface area (Å²) in [6, 6.07) is 17.5. The van der Waals surface area contributed by atoms with Crippen LogP contribution in [0.3, 0.4) is 0 Å². The third-order valence-corrected chi connectivity index (χ3v) is 4.74. The lowest BCUT2D eigenvalue weighted by Crippen LogP contribution is -2.02. The summed E-state index contributed by atoms with van der Waals surface area (Å²) in [6.45, 7) is 2.23. The molecule has 1 heterocycles. The van der Waals surface area contributed by atoms with Crippen LogP contribution in [0.25, 0.3) is 16.5 Å². The van der Waals surface area contributed by atoms with Gasteiger partial charge in [-0.3, -0.25) is 0 Å². The number of allylic oxidation sites excluding steroid dienone is 1. The lowest BCUT2D eigenvalue weighted by molar-refractivity contribution is 0.913. The molecule has 3 aromatic rings. The van der Waals surface area contributed by atoms with Gasteiger partial charge in [0, 0.05) is 29.2 Å². The Hall–Kier alpha value is -2.28. The lowest BCUT2D eigenvalue weighted by atomic mass is 9.86. The Balaban J connectivity index is 2.04. The van der Waals surface area contributed by atoms with Crippen molar-refractivity contribution < 1.29 is 0 Å². The molecule has 0 amide bonds. The normalized spacial score (nSPS) is 14.1. The Bertz CT molecular complexity index is 865. The number of hydrogen-bond acceptors (Lipinski definition) is 0. The molecule has 0 N–H and O–H groups in total. The monoisotopic (exact) mass is 273 g/mol. The molecule has 1 aliphatic rings. The zero-order chi connectivity index (χ0) is 14.4. The Morgan fingerprint density at radius 2 is 1.71 bits per heavy atom. The Labute approximate surface area is 125 Å². The van der Waals surface area contributed by atoms with Gasteiger partial charge in [-0.25, -0.2) is 0 Å². The molecular formula is C20H19N. The maximum Gasteiger partial charge on any atom is 0.0486 e. The van der Waals surface area contributed by atoms with Gasteiger partial charge in [0.15, 0.2) is 0 Å². The number of rotatable bonds is 1. The summed E-state index contributed by atoms with van der Waals surface area (Å²) in [5, 5.41) is 1.36. The van der Waals surface area contributed by atoms with Crippen molar-refractivity contribution in [2.24, 2.45) is 7.05 Å². The topological polar surface area (TPSA) is 4.93 Å². The summed E-state index contributed by atoms with van der Waals surface area (Å²) >= 11 is 0.